The van der Waals surface area contributed by atoms with Crippen LogP contribution in [0.5, 0.6) is 11.5 Å². The zero-order valence-electron chi connectivity index (χ0n) is 18.8. The van der Waals surface area contributed by atoms with Gasteiger partial charge in [0.1, 0.15) is 0 Å². The van der Waals surface area contributed by atoms with Crippen molar-refractivity contribution >= 4 is 46.9 Å². The van der Waals surface area contributed by atoms with Gasteiger partial charge >= 0.3 is 11.9 Å². The van der Waals surface area contributed by atoms with Crippen LogP contribution in [0.25, 0.3) is 6.08 Å². The lowest BCUT2D eigenvalue weighted by molar-refractivity contribution is -0.145. The summed E-state index contributed by atoms with van der Waals surface area (Å²) in [5.74, 6) is -1.46. The number of anilines is 1. The number of amides is 1. The highest BCUT2D eigenvalue weighted by Gasteiger charge is 2.29. The first-order valence-electron chi connectivity index (χ1n) is 10.4. The van der Waals surface area contributed by atoms with Crippen LogP contribution in [0.3, 0.4) is 0 Å². The predicted molar refractivity (Wildman–Crippen MR) is 127 cm³/mol. The molecule has 1 N–H and O–H groups in total. The Hall–Kier alpha value is -3.85. The Balaban J connectivity index is 1.88. The lowest BCUT2D eigenvalue weighted by atomic mass is 10.1. The summed E-state index contributed by atoms with van der Waals surface area (Å²) in [6.07, 6.45) is 1.62. The van der Waals surface area contributed by atoms with E-state index in [-0.39, 0.29) is 35.5 Å². The molecule has 2 aromatic carbocycles. The highest BCUT2D eigenvalue weighted by Crippen LogP contribution is 2.38. The fourth-order valence-electron chi connectivity index (χ4n) is 3.18. The Kier molecular flexibility index (Phi) is 7.91. The van der Waals surface area contributed by atoms with Crippen molar-refractivity contribution in [2.24, 2.45) is 5.10 Å². The van der Waals surface area contributed by atoms with Gasteiger partial charge in [-0.15, -0.1) is 0 Å². The number of rotatable bonds is 9. The first kappa shape index (κ1) is 24.8. The van der Waals surface area contributed by atoms with E-state index in [2.05, 4.69) is 5.10 Å². The Morgan fingerprint density at radius 2 is 1.82 bits per heavy atom. The lowest BCUT2D eigenvalue weighted by Crippen LogP contribution is -2.21. The molecule has 0 unspecified atom stereocenters. The number of aromatic carboxylic acids is 1. The second-order valence-corrected chi connectivity index (χ2v) is 7.48. The molecule has 0 aliphatic carbocycles. The Labute approximate surface area is 201 Å². The number of benzene rings is 2. The van der Waals surface area contributed by atoms with Crippen molar-refractivity contribution in [3.63, 3.8) is 0 Å². The first-order chi connectivity index (χ1) is 16.2. The molecule has 0 bridgehead atoms. The van der Waals surface area contributed by atoms with Crippen LogP contribution in [0.2, 0.25) is 5.02 Å². The number of halogens is 1. The van der Waals surface area contributed by atoms with E-state index in [9.17, 15) is 14.4 Å². The smallest absolute Gasteiger partial charge is 0.344 e. The van der Waals surface area contributed by atoms with Crippen LogP contribution in [0.15, 0.2) is 47.1 Å². The molecule has 1 amide bonds. The number of esters is 1. The minimum atomic E-state index is -1.06. The number of carbonyl (C=O) groups is 3. The summed E-state index contributed by atoms with van der Waals surface area (Å²) in [6, 6.07) is 9.07. The van der Waals surface area contributed by atoms with Gasteiger partial charge in [-0.3, -0.25) is 4.79 Å². The maximum absolute atomic E-state index is 13.0. The molecule has 10 heteroatoms. The van der Waals surface area contributed by atoms with Gasteiger partial charge in [0.2, 0.25) is 0 Å². The molecule has 178 valence electrons. The largest absolute Gasteiger partial charge is 0.490 e. The van der Waals surface area contributed by atoms with Crippen LogP contribution in [-0.2, 0) is 14.3 Å². The predicted octanol–water partition coefficient (Wildman–Crippen LogP) is 4.18. The molecule has 1 aliphatic rings. The number of hydrogen-bond acceptors (Lipinski definition) is 7. The van der Waals surface area contributed by atoms with Crippen LogP contribution >= 0.6 is 11.6 Å². The van der Waals surface area contributed by atoms with E-state index in [4.69, 9.17) is 30.9 Å². The van der Waals surface area contributed by atoms with Crippen LogP contribution in [0, 0.1) is 0 Å². The standard InChI is InChI=1S/C24H23ClN2O7/c1-4-32-20-12-15(11-19(25)22(20)34-13-21(28)33-5-2)10-18-14(3)26-27(23(18)29)17-8-6-16(7-9-17)24(30)31/h6-12H,4-5,13H2,1-3H3,(H,30,31). The van der Waals surface area contributed by atoms with Crippen LogP contribution in [-0.4, -0.2) is 48.5 Å². The third-order valence-electron chi connectivity index (χ3n) is 4.70. The van der Waals surface area contributed by atoms with Gasteiger partial charge in [-0.2, -0.15) is 10.1 Å². The summed E-state index contributed by atoms with van der Waals surface area (Å²) in [6.45, 7) is 5.41. The van der Waals surface area contributed by atoms with Crippen LogP contribution in [0.4, 0.5) is 5.69 Å². The van der Waals surface area contributed by atoms with Crippen molar-refractivity contribution in [3.8, 4) is 11.5 Å². The molecule has 1 aliphatic heterocycles. The van der Waals surface area contributed by atoms with Crippen molar-refractivity contribution in [1.29, 1.82) is 0 Å². The molecule has 3 rings (SSSR count). The van der Waals surface area contributed by atoms with Gasteiger partial charge in [0, 0.05) is 0 Å². The normalized spacial score (nSPS) is 14.2. The summed E-state index contributed by atoms with van der Waals surface area (Å²) < 4.78 is 16.0. The van der Waals surface area contributed by atoms with E-state index in [1.165, 1.54) is 29.3 Å². The maximum atomic E-state index is 13.0. The Bertz CT molecular complexity index is 1170. The number of nitrogens with zero attached hydrogens (tertiary/aromatic N) is 2. The SMILES string of the molecule is CCOC(=O)COc1c(Cl)cc(C=C2C(=O)N(c3ccc(C(=O)O)cc3)N=C2C)cc1OCC. The number of ether oxygens (including phenoxy) is 3. The molecule has 0 fully saturated rings. The van der Waals surface area contributed by atoms with Gasteiger partial charge in [-0.25, -0.2) is 9.59 Å². The number of carboxylic acids is 1. The quantitative estimate of drug-likeness (QED) is 0.417. The highest BCUT2D eigenvalue weighted by molar-refractivity contribution is 6.33. The number of hydrazone groups is 1. The van der Waals surface area contributed by atoms with E-state index >= 15 is 0 Å². The topological polar surface area (TPSA) is 115 Å². The van der Waals surface area contributed by atoms with Crippen molar-refractivity contribution in [2.75, 3.05) is 24.8 Å². The van der Waals surface area contributed by atoms with Crippen LogP contribution in [0.1, 0.15) is 36.7 Å². The van der Waals surface area contributed by atoms with Crippen molar-refractivity contribution < 1.29 is 33.7 Å². The minimum Gasteiger partial charge on any atom is -0.490 e. The molecular weight excluding hydrogens is 464 g/mol. The molecule has 2 aromatic rings. The maximum Gasteiger partial charge on any atom is 0.344 e. The van der Waals surface area contributed by atoms with Crippen LogP contribution < -0.4 is 14.5 Å². The number of carboxylic acid groups (broad SMARTS) is 1. The first-order valence-corrected chi connectivity index (χ1v) is 10.8. The van der Waals surface area contributed by atoms with E-state index in [0.717, 1.165) is 0 Å². The molecular formula is C24H23ClN2O7. The third-order valence-corrected chi connectivity index (χ3v) is 4.98. The molecule has 1 heterocycles. The Morgan fingerprint density at radius 1 is 1.12 bits per heavy atom. The summed E-state index contributed by atoms with van der Waals surface area (Å²) in [5, 5.41) is 14.8. The fraction of sp³-hybridized carbons (Fsp3) is 0.250. The highest BCUT2D eigenvalue weighted by atomic mass is 35.5. The molecule has 0 saturated carbocycles. The molecule has 34 heavy (non-hydrogen) atoms. The molecule has 0 atom stereocenters. The van der Waals surface area contributed by atoms with Gasteiger partial charge in [0.25, 0.3) is 5.91 Å². The second-order valence-electron chi connectivity index (χ2n) is 7.07. The summed E-state index contributed by atoms with van der Waals surface area (Å²) in [5.41, 5.74) is 1.92. The molecule has 0 spiro atoms. The zero-order chi connectivity index (χ0) is 24.8. The van der Waals surface area contributed by atoms with Crippen molar-refractivity contribution in [3.05, 3.63) is 58.1 Å². The number of hydrogen-bond donors (Lipinski definition) is 1. The Morgan fingerprint density at radius 3 is 2.44 bits per heavy atom. The molecule has 0 saturated heterocycles. The summed E-state index contributed by atoms with van der Waals surface area (Å²) in [4.78, 5) is 35.7. The molecule has 0 radical (unpaired) electrons. The average molecular weight is 487 g/mol. The summed E-state index contributed by atoms with van der Waals surface area (Å²) in [7, 11) is 0. The van der Waals surface area contributed by atoms with E-state index in [1.807, 2.05) is 0 Å². The van der Waals surface area contributed by atoms with E-state index in [0.29, 0.717) is 34.9 Å². The zero-order valence-corrected chi connectivity index (χ0v) is 19.6. The monoisotopic (exact) mass is 486 g/mol. The number of carbonyl (C=O) groups excluding carboxylic acids is 2. The average Bonchev–Trinajstić information content (AvgIpc) is 3.07. The fourth-order valence-corrected chi connectivity index (χ4v) is 3.45. The third kappa shape index (κ3) is 5.55. The van der Waals surface area contributed by atoms with Gasteiger partial charge < -0.3 is 19.3 Å². The van der Waals surface area contributed by atoms with Gasteiger partial charge in [-0.1, -0.05) is 11.6 Å². The minimum absolute atomic E-state index is 0.107. The van der Waals surface area contributed by atoms with Gasteiger partial charge in [0.15, 0.2) is 18.1 Å². The lowest BCUT2D eigenvalue weighted by Gasteiger charge is -2.14. The van der Waals surface area contributed by atoms with Gasteiger partial charge in [-0.05, 0) is 68.8 Å². The van der Waals surface area contributed by atoms with E-state index < -0.39 is 11.9 Å². The summed E-state index contributed by atoms with van der Waals surface area (Å²) >= 11 is 6.39. The second kappa shape index (κ2) is 10.8. The molecule has 9 nitrogen and oxygen atoms in total. The van der Waals surface area contributed by atoms with Crippen molar-refractivity contribution in [1.82, 2.24) is 0 Å². The van der Waals surface area contributed by atoms with Gasteiger partial charge in [0.05, 0.1) is 40.8 Å². The van der Waals surface area contributed by atoms with E-state index in [1.54, 1.807) is 39.0 Å². The molecule has 0 aromatic heterocycles. The van der Waals surface area contributed by atoms with Crippen molar-refractivity contribution in [2.45, 2.75) is 20.8 Å².